The lowest BCUT2D eigenvalue weighted by atomic mass is 9.80. The van der Waals surface area contributed by atoms with Crippen LogP contribution < -0.4 is 9.64 Å². The lowest BCUT2D eigenvalue weighted by Crippen LogP contribution is -2.17. The molecule has 0 radical (unpaired) electrons. The Balaban J connectivity index is 1.29. The van der Waals surface area contributed by atoms with Crippen LogP contribution in [0.3, 0.4) is 0 Å². The molecule has 2 unspecified atom stereocenters. The van der Waals surface area contributed by atoms with Gasteiger partial charge in [0.1, 0.15) is 17.4 Å². The zero-order chi connectivity index (χ0) is 39.9. The van der Waals surface area contributed by atoms with Crippen molar-refractivity contribution >= 4 is 56.0 Å². The van der Waals surface area contributed by atoms with Crippen LogP contribution >= 0.6 is 0 Å². The molecule has 0 saturated carbocycles. The first-order valence-corrected chi connectivity index (χ1v) is 20.8. The van der Waals surface area contributed by atoms with Gasteiger partial charge in [0.2, 0.25) is 0 Å². The number of hydrogen-bond acceptors (Lipinski definition) is 3. The van der Waals surface area contributed by atoms with Gasteiger partial charge < -0.3 is 18.6 Å². The highest BCUT2D eigenvalue weighted by molar-refractivity contribution is 6.19. The number of hydrogen-bond donors (Lipinski definition) is 0. The molecule has 4 heteroatoms. The molecule has 0 N–H and O–H groups in total. The van der Waals surface area contributed by atoms with Crippen molar-refractivity contribution in [1.82, 2.24) is 4.57 Å². The summed E-state index contributed by atoms with van der Waals surface area (Å²) >= 11 is 0. The number of unbranched alkanes of at least 4 members (excludes halogenated alkanes) is 1. The molecule has 0 fully saturated rings. The molecule has 1 aliphatic carbocycles. The molecule has 286 valence electrons. The van der Waals surface area contributed by atoms with Gasteiger partial charge in [-0.05, 0) is 116 Å². The van der Waals surface area contributed by atoms with Crippen LogP contribution in [0.4, 0.5) is 17.1 Å². The van der Waals surface area contributed by atoms with E-state index in [-0.39, 0.29) is 11.5 Å². The molecular weight excluding hydrogens is 709 g/mol. The van der Waals surface area contributed by atoms with Gasteiger partial charge in [-0.2, -0.15) is 0 Å². The summed E-state index contributed by atoms with van der Waals surface area (Å²) in [6.45, 7) is 13.5. The molecule has 3 heterocycles. The number of rotatable bonds is 8. The topological polar surface area (TPSA) is 30.5 Å². The van der Waals surface area contributed by atoms with Crippen LogP contribution in [0.15, 0.2) is 126 Å². The van der Waals surface area contributed by atoms with Gasteiger partial charge in [-0.3, -0.25) is 0 Å². The Hall–Kier alpha value is -6.44. The highest BCUT2D eigenvalue weighted by atomic mass is 16.5. The van der Waals surface area contributed by atoms with E-state index in [0.29, 0.717) is 5.92 Å². The van der Waals surface area contributed by atoms with Crippen molar-refractivity contribution in [3.63, 3.8) is 0 Å². The number of allylic oxidation sites excluding steroid dienone is 1. The average Bonchev–Trinajstić information content (AvgIpc) is 3.94. The number of nitrogens with zero attached hydrogens (tertiary/aromatic N) is 2. The van der Waals surface area contributed by atoms with Gasteiger partial charge in [0.15, 0.2) is 5.58 Å². The number of para-hydroxylation sites is 2. The molecule has 2 aromatic heterocycles. The van der Waals surface area contributed by atoms with Gasteiger partial charge in [0.05, 0.1) is 22.5 Å². The van der Waals surface area contributed by atoms with Gasteiger partial charge in [-0.1, -0.05) is 106 Å². The van der Waals surface area contributed by atoms with Crippen molar-refractivity contribution in [2.24, 2.45) is 0 Å². The van der Waals surface area contributed by atoms with E-state index in [9.17, 15) is 0 Å². The van der Waals surface area contributed by atoms with E-state index >= 15 is 0 Å². The van der Waals surface area contributed by atoms with Gasteiger partial charge >= 0.3 is 0 Å². The molecule has 10 rings (SSSR count). The van der Waals surface area contributed by atoms with E-state index in [1.54, 1.807) is 0 Å². The summed E-state index contributed by atoms with van der Waals surface area (Å²) in [5.74, 6) is 4.45. The molecule has 0 saturated heterocycles. The minimum Gasteiger partial charge on any atom is -0.490 e. The molecule has 1 aliphatic heterocycles. The number of ether oxygens (including phenoxy) is 1. The number of fused-ring (bicyclic) bond motifs is 10. The van der Waals surface area contributed by atoms with Crippen molar-refractivity contribution < 1.29 is 9.15 Å². The molecule has 4 nitrogen and oxygen atoms in total. The Morgan fingerprint density at radius 2 is 1.60 bits per heavy atom. The van der Waals surface area contributed by atoms with Crippen molar-refractivity contribution in [2.75, 3.05) is 4.90 Å². The Morgan fingerprint density at radius 3 is 2.36 bits per heavy atom. The second kappa shape index (κ2) is 13.6. The highest BCUT2D eigenvalue weighted by Crippen LogP contribution is 2.61. The fraction of sp³-hybridized carbons (Fsp3) is 0.222. The number of anilines is 3. The number of terminal acetylenes is 1. The largest absolute Gasteiger partial charge is 0.490 e. The van der Waals surface area contributed by atoms with E-state index in [2.05, 4.69) is 171 Å². The summed E-state index contributed by atoms with van der Waals surface area (Å²) in [6, 6.07) is 41.5. The monoisotopic (exact) mass is 756 g/mol. The van der Waals surface area contributed by atoms with E-state index in [0.717, 1.165) is 85.4 Å². The van der Waals surface area contributed by atoms with Gasteiger partial charge in [0, 0.05) is 50.1 Å². The lowest BCUT2D eigenvalue weighted by molar-refractivity contribution is 0.220. The zero-order valence-electron chi connectivity index (χ0n) is 34.2. The number of aryl methyl sites for hydroxylation is 1. The second-order valence-electron chi connectivity index (χ2n) is 16.7. The Kier molecular flexibility index (Phi) is 8.43. The van der Waals surface area contributed by atoms with Crippen molar-refractivity contribution in [1.29, 1.82) is 0 Å². The fourth-order valence-electron chi connectivity index (χ4n) is 10.0. The molecule has 0 bridgehead atoms. The third-order valence-corrected chi connectivity index (χ3v) is 12.8. The summed E-state index contributed by atoms with van der Waals surface area (Å²) in [7, 11) is 0. The molecule has 0 amide bonds. The van der Waals surface area contributed by atoms with Crippen molar-refractivity contribution in [3.8, 4) is 34.9 Å². The Labute approximate surface area is 341 Å². The van der Waals surface area contributed by atoms with E-state index < -0.39 is 0 Å². The van der Waals surface area contributed by atoms with Crippen LogP contribution in [0.5, 0.6) is 5.75 Å². The maximum absolute atomic E-state index is 7.10. The van der Waals surface area contributed by atoms with E-state index in [1.807, 2.05) is 13.0 Å². The van der Waals surface area contributed by atoms with Crippen molar-refractivity contribution in [3.05, 3.63) is 155 Å². The third kappa shape index (κ3) is 5.22. The molecule has 8 aromatic rings. The minimum atomic E-state index is -0.282. The van der Waals surface area contributed by atoms with Crippen LogP contribution in [0.25, 0.3) is 55.7 Å². The summed E-state index contributed by atoms with van der Waals surface area (Å²) in [5.41, 5.74) is 16.3. The van der Waals surface area contributed by atoms with Gasteiger partial charge in [0.25, 0.3) is 0 Å². The van der Waals surface area contributed by atoms with Crippen LogP contribution in [0, 0.1) is 19.3 Å². The van der Waals surface area contributed by atoms with Crippen LogP contribution in [-0.2, 0) is 5.41 Å². The van der Waals surface area contributed by atoms with Crippen molar-refractivity contribution in [2.45, 2.75) is 78.2 Å². The summed E-state index contributed by atoms with van der Waals surface area (Å²) in [6.07, 6.45) is 14.1. The first kappa shape index (κ1) is 35.9. The standard InChI is InChI=1S/C54H48N2O2/c1-8-11-20-39-34(5)57-48-30-28-42-51(49(39)48)52-43(54(42,6)7)32-46(53-50(52)40-21-15-16-22-47(40)58-53)55(36-25-23-33(4)24-26-36)37-27-29-45-41(31-37)38(10-3)44(17-9-2)56(45)35-18-13-12-14-19-35/h3,9,12-19,21-32,34,39H,8,11,20H2,1-2,4-7H3/b17-9-. The average molecular weight is 757 g/mol. The first-order valence-electron chi connectivity index (χ1n) is 20.8. The molecule has 58 heavy (non-hydrogen) atoms. The molecule has 2 atom stereocenters. The molecule has 2 aliphatic rings. The smallest absolute Gasteiger partial charge is 0.160 e. The van der Waals surface area contributed by atoms with Gasteiger partial charge in [-0.15, -0.1) is 6.42 Å². The number of benzene rings is 6. The van der Waals surface area contributed by atoms with E-state index in [4.69, 9.17) is 15.6 Å². The first-order chi connectivity index (χ1) is 28.2. The third-order valence-electron chi connectivity index (χ3n) is 12.8. The molecular formula is C54H48N2O2. The normalized spacial score (nSPS) is 16.5. The molecule has 6 aromatic carbocycles. The second-order valence-corrected chi connectivity index (χ2v) is 16.7. The maximum Gasteiger partial charge on any atom is 0.160 e. The lowest BCUT2D eigenvalue weighted by Gasteiger charge is -2.28. The summed E-state index contributed by atoms with van der Waals surface area (Å²) < 4.78 is 16.0. The minimum absolute atomic E-state index is 0.126. The predicted octanol–water partition coefficient (Wildman–Crippen LogP) is 14.7. The zero-order valence-corrected chi connectivity index (χ0v) is 34.2. The molecule has 0 spiro atoms. The quantitative estimate of drug-likeness (QED) is 0.145. The summed E-state index contributed by atoms with van der Waals surface area (Å²) in [5, 5.41) is 3.30. The predicted molar refractivity (Wildman–Crippen MR) is 243 cm³/mol. The SMILES string of the molecule is C#Cc1c(/C=C\C)n(-c2ccccc2)c2ccc(N(c3ccc(C)cc3)c3cc4c(c5c3oc3ccccc35)-c3c(ccc5c3C(CCCC)C(C)O5)C4(C)C)cc12. The Morgan fingerprint density at radius 1 is 0.845 bits per heavy atom. The van der Waals surface area contributed by atoms with Crippen LogP contribution in [0.2, 0.25) is 0 Å². The highest BCUT2D eigenvalue weighted by Gasteiger charge is 2.45. The van der Waals surface area contributed by atoms with Crippen LogP contribution in [-0.4, -0.2) is 10.7 Å². The van der Waals surface area contributed by atoms with E-state index in [1.165, 1.54) is 39.8 Å². The van der Waals surface area contributed by atoms with Gasteiger partial charge in [-0.25, -0.2) is 0 Å². The maximum atomic E-state index is 7.10. The van der Waals surface area contributed by atoms with Crippen LogP contribution in [0.1, 0.15) is 93.3 Å². The number of aromatic nitrogens is 1. The summed E-state index contributed by atoms with van der Waals surface area (Å²) in [4.78, 5) is 2.37. The fourth-order valence-corrected chi connectivity index (χ4v) is 10.0. The Bertz CT molecular complexity index is 2990. The number of furan rings is 1.